The van der Waals surface area contributed by atoms with Crippen molar-refractivity contribution in [3.05, 3.63) is 53.6 Å². The second kappa shape index (κ2) is 10.3. The molecular formula is C22H26O5. The lowest BCUT2D eigenvalue weighted by Crippen LogP contribution is -2.03. The molecule has 2 aromatic carbocycles. The van der Waals surface area contributed by atoms with Gasteiger partial charge in [-0.05, 0) is 57.2 Å². The maximum absolute atomic E-state index is 12.7. The Kier molecular flexibility index (Phi) is 7.74. The fourth-order valence-electron chi connectivity index (χ4n) is 2.55. The summed E-state index contributed by atoms with van der Waals surface area (Å²) in [7, 11) is 1.60. The Morgan fingerprint density at radius 3 is 2.15 bits per heavy atom. The van der Waals surface area contributed by atoms with Crippen LogP contribution in [0.2, 0.25) is 0 Å². The number of carbonyl (C=O) groups excluding carboxylic acids is 1. The highest BCUT2D eigenvalue weighted by Gasteiger charge is 2.12. The number of ether oxygens (including phenoxy) is 4. The van der Waals surface area contributed by atoms with Crippen molar-refractivity contribution in [2.75, 3.05) is 26.9 Å². The molecule has 0 aliphatic carbocycles. The van der Waals surface area contributed by atoms with Gasteiger partial charge < -0.3 is 18.9 Å². The van der Waals surface area contributed by atoms with Gasteiger partial charge in [-0.15, -0.1) is 0 Å². The second-order valence-corrected chi connectivity index (χ2v) is 5.56. The SMILES string of the molecule is CCOc1ccc(C(=O)C=Cc2ccc(OC)cc2OCC)c(OCC)c1. The standard InChI is InChI=1S/C22H26O5/c1-5-25-18-11-12-19(22(15-18)27-7-3)20(23)13-9-16-8-10-17(24-4)14-21(16)26-6-2/h8-15H,5-7H2,1-4H3. The van der Waals surface area contributed by atoms with E-state index >= 15 is 0 Å². The van der Waals surface area contributed by atoms with E-state index in [4.69, 9.17) is 18.9 Å². The summed E-state index contributed by atoms with van der Waals surface area (Å²) in [6.45, 7) is 7.24. The zero-order valence-electron chi connectivity index (χ0n) is 16.3. The molecule has 144 valence electrons. The van der Waals surface area contributed by atoms with Crippen molar-refractivity contribution in [1.29, 1.82) is 0 Å². The first-order valence-electron chi connectivity index (χ1n) is 9.05. The van der Waals surface area contributed by atoms with E-state index in [1.54, 1.807) is 37.5 Å². The minimum Gasteiger partial charge on any atom is -0.497 e. The van der Waals surface area contributed by atoms with Crippen LogP contribution in [0, 0.1) is 0 Å². The molecular weight excluding hydrogens is 344 g/mol. The third-order valence-electron chi connectivity index (χ3n) is 3.76. The lowest BCUT2D eigenvalue weighted by Gasteiger charge is -2.11. The minimum atomic E-state index is -0.153. The average Bonchev–Trinajstić information content (AvgIpc) is 2.67. The Labute approximate surface area is 160 Å². The Hall–Kier alpha value is -2.95. The van der Waals surface area contributed by atoms with Crippen molar-refractivity contribution < 1.29 is 23.7 Å². The molecule has 0 N–H and O–H groups in total. The third-order valence-corrected chi connectivity index (χ3v) is 3.76. The first-order valence-corrected chi connectivity index (χ1v) is 9.05. The number of benzene rings is 2. The molecule has 27 heavy (non-hydrogen) atoms. The summed E-state index contributed by atoms with van der Waals surface area (Å²) in [5, 5.41) is 0. The Morgan fingerprint density at radius 2 is 1.48 bits per heavy atom. The number of allylic oxidation sites excluding steroid dienone is 1. The lowest BCUT2D eigenvalue weighted by molar-refractivity contribution is 0.104. The number of rotatable bonds is 10. The highest BCUT2D eigenvalue weighted by molar-refractivity contribution is 6.08. The van der Waals surface area contributed by atoms with Crippen molar-refractivity contribution in [3.8, 4) is 23.0 Å². The van der Waals surface area contributed by atoms with Crippen molar-refractivity contribution >= 4 is 11.9 Å². The first-order chi connectivity index (χ1) is 13.1. The summed E-state index contributed by atoms with van der Waals surface area (Å²) in [4.78, 5) is 12.7. The largest absolute Gasteiger partial charge is 0.497 e. The van der Waals surface area contributed by atoms with Gasteiger partial charge in [0.15, 0.2) is 5.78 Å². The van der Waals surface area contributed by atoms with Crippen LogP contribution in [0.1, 0.15) is 36.7 Å². The van der Waals surface area contributed by atoms with Crippen LogP contribution in [0.4, 0.5) is 0 Å². The predicted molar refractivity (Wildman–Crippen MR) is 106 cm³/mol. The van der Waals surface area contributed by atoms with Gasteiger partial charge in [0, 0.05) is 17.7 Å². The number of methoxy groups -OCH3 is 1. The third kappa shape index (κ3) is 5.51. The van der Waals surface area contributed by atoms with E-state index in [0.717, 1.165) is 5.56 Å². The Balaban J connectivity index is 2.28. The zero-order valence-corrected chi connectivity index (χ0v) is 16.3. The molecule has 2 aromatic rings. The smallest absolute Gasteiger partial charge is 0.189 e. The van der Waals surface area contributed by atoms with Crippen molar-refractivity contribution in [1.82, 2.24) is 0 Å². The Bertz CT molecular complexity index is 795. The molecule has 5 heteroatoms. The fraction of sp³-hybridized carbons (Fsp3) is 0.318. The fourth-order valence-corrected chi connectivity index (χ4v) is 2.55. The first kappa shape index (κ1) is 20.4. The van der Waals surface area contributed by atoms with E-state index in [9.17, 15) is 4.79 Å². The summed E-state index contributed by atoms with van der Waals surface area (Å²) >= 11 is 0. The summed E-state index contributed by atoms with van der Waals surface area (Å²) in [5.74, 6) is 2.40. The molecule has 0 atom stereocenters. The van der Waals surface area contributed by atoms with Crippen LogP contribution >= 0.6 is 0 Å². The van der Waals surface area contributed by atoms with Crippen LogP contribution in [-0.4, -0.2) is 32.7 Å². The predicted octanol–water partition coefficient (Wildman–Crippen LogP) is 4.79. The maximum Gasteiger partial charge on any atom is 0.189 e. The van der Waals surface area contributed by atoms with Gasteiger partial charge in [0.05, 0.1) is 32.5 Å². The molecule has 0 spiro atoms. The number of ketones is 1. The summed E-state index contributed by atoms with van der Waals surface area (Å²) in [6, 6.07) is 10.7. The summed E-state index contributed by atoms with van der Waals surface area (Å²) in [6.07, 6.45) is 3.25. The molecule has 0 heterocycles. The molecule has 0 saturated carbocycles. The van der Waals surface area contributed by atoms with Crippen LogP contribution < -0.4 is 18.9 Å². The van der Waals surface area contributed by atoms with Crippen molar-refractivity contribution in [2.45, 2.75) is 20.8 Å². The van der Waals surface area contributed by atoms with Gasteiger partial charge in [-0.3, -0.25) is 4.79 Å². The maximum atomic E-state index is 12.7. The molecule has 0 bridgehead atoms. The summed E-state index contributed by atoms with van der Waals surface area (Å²) < 4.78 is 22.0. The molecule has 0 unspecified atom stereocenters. The van der Waals surface area contributed by atoms with Crippen LogP contribution in [-0.2, 0) is 0 Å². The quantitative estimate of drug-likeness (QED) is 0.445. The number of carbonyl (C=O) groups is 1. The second-order valence-electron chi connectivity index (χ2n) is 5.56. The van der Waals surface area contributed by atoms with Gasteiger partial charge in [0.2, 0.25) is 0 Å². The summed E-state index contributed by atoms with van der Waals surface area (Å²) in [5.41, 5.74) is 1.29. The van der Waals surface area contributed by atoms with E-state index in [-0.39, 0.29) is 5.78 Å². The van der Waals surface area contributed by atoms with E-state index < -0.39 is 0 Å². The molecule has 0 aliphatic heterocycles. The van der Waals surface area contributed by atoms with Gasteiger partial charge in [-0.1, -0.05) is 0 Å². The molecule has 0 aliphatic rings. The zero-order chi connectivity index (χ0) is 19.6. The van der Waals surface area contributed by atoms with E-state index in [2.05, 4.69) is 0 Å². The Morgan fingerprint density at radius 1 is 0.852 bits per heavy atom. The van der Waals surface area contributed by atoms with Crippen LogP contribution in [0.15, 0.2) is 42.5 Å². The highest BCUT2D eigenvalue weighted by atomic mass is 16.5. The molecule has 0 saturated heterocycles. The van der Waals surface area contributed by atoms with Gasteiger partial charge in [-0.2, -0.15) is 0 Å². The molecule has 0 aromatic heterocycles. The van der Waals surface area contributed by atoms with Crippen LogP contribution in [0.3, 0.4) is 0 Å². The van der Waals surface area contributed by atoms with E-state index in [1.165, 1.54) is 6.08 Å². The van der Waals surface area contributed by atoms with Gasteiger partial charge in [0.1, 0.15) is 23.0 Å². The van der Waals surface area contributed by atoms with Crippen molar-refractivity contribution in [3.63, 3.8) is 0 Å². The molecule has 0 radical (unpaired) electrons. The lowest BCUT2D eigenvalue weighted by atomic mass is 10.1. The monoisotopic (exact) mass is 370 g/mol. The van der Waals surface area contributed by atoms with Gasteiger partial charge >= 0.3 is 0 Å². The van der Waals surface area contributed by atoms with E-state index in [0.29, 0.717) is 48.4 Å². The normalized spacial score (nSPS) is 10.7. The van der Waals surface area contributed by atoms with Gasteiger partial charge in [0.25, 0.3) is 0 Å². The average molecular weight is 370 g/mol. The number of hydrogen-bond acceptors (Lipinski definition) is 5. The highest BCUT2D eigenvalue weighted by Crippen LogP contribution is 2.28. The van der Waals surface area contributed by atoms with Crippen LogP contribution in [0.5, 0.6) is 23.0 Å². The van der Waals surface area contributed by atoms with Crippen LogP contribution in [0.25, 0.3) is 6.08 Å². The van der Waals surface area contributed by atoms with E-state index in [1.807, 2.05) is 32.9 Å². The van der Waals surface area contributed by atoms with Crippen molar-refractivity contribution in [2.24, 2.45) is 0 Å². The molecule has 2 rings (SSSR count). The number of hydrogen-bond donors (Lipinski definition) is 0. The topological polar surface area (TPSA) is 54.0 Å². The molecule has 5 nitrogen and oxygen atoms in total. The van der Waals surface area contributed by atoms with Gasteiger partial charge in [-0.25, -0.2) is 0 Å². The molecule has 0 fully saturated rings. The minimum absolute atomic E-state index is 0.153. The molecule has 0 amide bonds.